The molecule has 2 rings (SSSR count). The van der Waals surface area contributed by atoms with E-state index in [1.165, 1.54) is 0 Å². The predicted octanol–water partition coefficient (Wildman–Crippen LogP) is 0.133. The molecule has 1 aromatic heterocycles. The Labute approximate surface area is 88.5 Å². The molecule has 78 valence electrons. The molecule has 1 aliphatic rings. The van der Waals surface area contributed by atoms with Gasteiger partial charge in [0.05, 0.1) is 0 Å². The van der Waals surface area contributed by atoms with Gasteiger partial charge >= 0.3 is 0 Å². The van der Waals surface area contributed by atoms with Crippen molar-refractivity contribution in [3.05, 3.63) is 18.0 Å². The van der Waals surface area contributed by atoms with Crippen LogP contribution in [0.5, 0.6) is 0 Å². The van der Waals surface area contributed by atoms with Crippen LogP contribution in [0.25, 0.3) is 0 Å². The molecule has 2 N–H and O–H groups in total. The van der Waals surface area contributed by atoms with E-state index in [2.05, 4.69) is 14.9 Å². The average molecular weight is 203 g/mol. The fourth-order valence-corrected chi connectivity index (χ4v) is 1.77. The van der Waals surface area contributed by atoms with E-state index in [9.17, 15) is 0 Å². The first kappa shape index (κ1) is 9.87. The van der Waals surface area contributed by atoms with Gasteiger partial charge in [0.15, 0.2) is 0 Å². The lowest BCUT2D eigenvalue weighted by molar-refractivity contribution is 0.601. The molecule has 0 spiro atoms. The van der Waals surface area contributed by atoms with Gasteiger partial charge < -0.3 is 10.6 Å². The summed E-state index contributed by atoms with van der Waals surface area (Å²) in [5.41, 5.74) is 6.02. The van der Waals surface area contributed by atoms with Gasteiger partial charge in [0, 0.05) is 19.3 Å². The van der Waals surface area contributed by atoms with E-state index in [0.29, 0.717) is 24.1 Å². The fraction of sp³-hybridized carbons (Fsp3) is 0.500. The number of hydrogen-bond donors (Lipinski definition) is 1. The van der Waals surface area contributed by atoms with E-state index in [0.717, 1.165) is 19.5 Å². The zero-order valence-electron chi connectivity index (χ0n) is 8.43. The van der Waals surface area contributed by atoms with Crippen molar-refractivity contribution in [2.75, 3.05) is 24.5 Å². The molecule has 0 amide bonds. The smallest absolute Gasteiger partial charge is 0.226 e. The van der Waals surface area contributed by atoms with Crippen molar-refractivity contribution < 1.29 is 0 Å². The van der Waals surface area contributed by atoms with E-state index in [4.69, 9.17) is 11.0 Å². The third kappa shape index (κ3) is 2.05. The molecule has 2 heterocycles. The Bertz CT molecular complexity index is 384. The highest BCUT2D eigenvalue weighted by atomic mass is 15.3. The number of rotatable bonds is 2. The van der Waals surface area contributed by atoms with Gasteiger partial charge in [-0.25, -0.2) is 9.97 Å². The quantitative estimate of drug-likeness (QED) is 0.739. The molecular weight excluding hydrogens is 190 g/mol. The van der Waals surface area contributed by atoms with Gasteiger partial charge in [-0.1, -0.05) is 0 Å². The van der Waals surface area contributed by atoms with Crippen molar-refractivity contribution in [3.63, 3.8) is 0 Å². The highest BCUT2D eigenvalue weighted by molar-refractivity contribution is 5.34. The molecule has 1 aromatic rings. The molecule has 0 aliphatic carbocycles. The molecule has 15 heavy (non-hydrogen) atoms. The van der Waals surface area contributed by atoms with E-state index >= 15 is 0 Å². The van der Waals surface area contributed by atoms with Crippen LogP contribution in [0.3, 0.4) is 0 Å². The number of anilines is 1. The van der Waals surface area contributed by atoms with Crippen molar-refractivity contribution in [3.8, 4) is 6.07 Å². The van der Waals surface area contributed by atoms with E-state index in [1.54, 1.807) is 12.3 Å². The first-order chi connectivity index (χ1) is 7.33. The van der Waals surface area contributed by atoms with Crippen molar-refractivity contribution >= 4 is 5.95 Å². The number of aromatic nitrogens is 2. The molecule has 1 saturated heterocycles. The molecule has 0 radical (unpaired) electrons. The van der Waals surface area contributed by atoms with Crippen LogP contribution in [-0.2, 0) is 0 Å². The first-order valence-corrected chi connectivity index (χ1v) is 5.01. The number of hydrogen-bond acceptors (Lipinski definition) is 5. The molecule has 0 aromatic carbocycles. The summed E-state index contributed by atoms with van der Waals surface area (Å²) in [4.78, 5) is 10.4. The van der Waals surface area contributed by atoms with E-state index in [-0.39, 0.29) is 0 Å². The van der Waals surface area contributed by atoms with Crippen molar-refractivity contribution in [2.45, 2.75) is 6.42 Å². The molecule has 1 fully saturated rings. The predicted molar refractivity (Wildman–Crippen MR) is 56.1 cm³/mol. The SMILES string of the molecule is N#Cc1ccnc(N2CCC(CN)C2)n1. The molecule has 0 bridgehead atoms. The van der Waals surface area contributed by atoms with Crippen LogP contribution in [0.15, 0.2) is 12.3 Å². The van der Waals surface area contributed by atoms with E-state index < -0.39 is 0 Å². The van der Waals surface area contributed by atoms with Gasteiger partial charge in [-0.3, -0.25) is 0 Å². The minimum atomic E-state index is 0.413. The summed E-state index contributed by atoms with van der Waals surface area (Å²) >= 11 is 0. The van der Waals surface area contributed by atoms with Crippen LogP contribution in [0, 0.1) is 17.2 Å². The second-order valence-corrected chi connectivity index (χ2v) is 3.69. The van der Waals surface area contributed by atoms with Crippen LogP contribution in [0.4, 0.5) is 5.95 Å². The maximum absolute atomic E-state index is 8.72. The average Bonchev–Trinajstić information content (AvgIpc) is 2.78. The number of nitriles is 1. The van der Waals surface area contributed by atoms with Gasteiger partial charge in [-0.2, -0.15) is 5.26 Å². The molecule has 5 nitrogen and oxygen atoms in total. The van der Waals surface area contributed by atoms with Crippen molar-refractivity contribution in [1.29, 1.82) is 5.26 Å². The van der Waals surface area contributed by atoms with Gasteiger partial charge in [0.2, 0.25) is 5.95 Å². The summed E-state index contributed by atoms with van der Waals surface area (Å²) in [5, 5.41) is 8.72. The molecule has 5 heteroatoms. The van der Waals surface area contributed by atoms with Crippen molar-refractivity contribution in [2.24, 2.45) is 11.7 Å². The second-order valence-electron chi connectivity index (χ2n) is 3.69. The summed E-state index contributed by atoms with van der Waals surface area (Å²) < 4.78 is 0. The van der Waals surface area contributed by atoms with Crippen LogP contribution in [0.1, 0.15) is 12.1 Å². The van der Waals surface area contributed by atoms with Crippen molar-refractivity contribution in [1.82, 2.24) is 9.97 Å². The third-order valence-electron chi connectivity index (χ3n) is 2.66. The summed E-state index contributed by atoms with van der Waals surface area (Å²) in [6, 6.07) is 3.62. The first-order valence-electron chi connectivity index (χ1n) is 5.01. The Kier molecular flexibility index (Phi) is 2.79. The normalized spacial score (nSPS) is 20.3. The maximum atomic E-state index is 8.72. The van der Waals surface area contributed by atoms with Crippen LogP contribution < -0.4 is 10.6 Å². The highest BCUT2D eigenvalue weighted by Gasteiger charge is 2.23. The van der Waals surface area contributed by atoms with Gasteiger partial charge in [-0.05, 0) is 24.9 Å². The molecule has 1 aliphatic heterocycles. The highest BCUT2D eigenvalue weighted by Crippen LogP contribution is 2.19. The number of nitrogens with two attached hydrogens (primary N) is 1. The van der Waals surface area contributed by atoms with Gasteiger partial charge in [0.25, 0.3) is 0 Å². The Morgan fingerprint density at radius 3 is 3.20 bits per heavy atom. The molecule has 1 unspecified atom stereocenters. The summed E-state index contributed by atoms with van der Waals surface area (Å²) in [5.74, 6) is 1.17. The van der Waals surface area contributed by atoms with Crippen LogP contribution in [0.2, 0.25) is 0 Å². The monoisotopic (exact) mass is 203 g/mol. The summed E-state index contributed by atoms with van der Waals surface area (Å²) in [6.45, 7) is 2.52. The zero-order valence-corrected chi connectivity index (χ0v) is 8.43. The minimum Gasteiger partial charge on any atom is -0.340 e. The standard InChI is InChI=1S/C10H13N5/c11-5-8-2-4-15(7-8)10-13-3-1-9(6-12)14-10/h1,3,8H,2,4-5,7,11H2. The topological polar surface area (TPSA) is 78.8 Å². The van der Waals surface area contributed by atoms with Gasteiger partial charge in [-0.15, -0.1) is 0 Å². The maximum Gasteiger partial charge on any atom is 0.226 e. The molecule has 0 saturated carbocycles. The number of nitrogens with zero attached hydrogens (tertiary/aromatic N) is 4. The van der Waals surface area contributed by atoms with E-state index in [1.807, 2.05) is 6.07 Å². The molecular formula is C10H13N5. The summed E-state index contributed by atoms with van der Waals surface area (Å²) in [6.07, 6.45) is 2.70. The second kappa shape index (κ2) is 4.24. The lowest BCUT2D eigenvalue weighted by Gasteiger charge is -2.15. The van der Waals surface area contributed by atoms with Gasteiger partial charge in [0.1, 0.15) is 11.8 Å². The molecule has 1 atom stereocenters. The van der Waals surface area contributed by atoms with Crippen LogP contribution in [-0.4, -0.2) is 29.6 Å². The Balaban J connectivity index is 2.14. The summed E-state index contributed by atoms with van der Waals surface area (Å²) in [7, 11) is 0. The lowest BCUT2D eigenvalue weighted by atomic mass is 10.1. The van der Waals surface area contributed by atoms with Crippen LogP contribution >= 0.6 is 0 Å². The largest absolute Gasteiger partial charge is 0.340 e. The third-order valence-corrected chi connectivity index (χ3v) is 2.66. The Hall–Kier alpha value is -1.67. The minimum absolute atomic E-state index is 0.413. The Morgan fingerprint density at radius 1 is 1.67 bits per heavy atom. The fourth-order valence-electron chi connectivity index (χ4n) is 1.77. The Morgan fingerprint density at radius 2 is 2.53 bits per heavy atom. The zero-order chi connectivity index (χ0) is 10.7. The lowest BCUT2D eigenvalue weighted by Crippen LogP contribution is -2.24.